The van der Waals surface area contributed by atoms with Gasteiger partial charge >= 0.3 is 0 Å². The third-order valence-electron chi connectivity index (χ3n) is 7.64. The summed E-state index contributed by atoms with van der Waals surface area (Å²) in [6.07, 6.45) is 5.94. The molecule has 1 unspecified atom stereocenters. The van der Waals surface area contributed by atoms with E-state index in [1.54, 1.807) is 7.11 Å². The van der Waals surface area contributed by atoms with E-state index in [-0.39, 0.29) is 12.1 Å². The van der Waals surface area contributed by atoms with E-state index in [0.29, 0.717) is 22.9 Å². The maximum atomic E-state index is 6.84. The van der Waals surface area contributed by atoms with Gasteiger partial charge in [0.05, 0.1) is 18.7 Å². The molecule has 0 saturated carbocycles. The predicted octanol–water partition coefficient (Wildman–Crippen LogP) is 5.86. The molecular formula is C28H27ClN4O2. The number of fused-ring (bicyclic) bond motifs is 5. The van der Waals surface area contributed by atoms with Crippen LogP contribution in [0.15, 0.2) is 67.4 Å². The lowest BCUT2D eigenvalue weighted by molar-refractivity contribution is -0.0366. The summed E-state index contributed by atoms with van der Waals surface area (Å²) in [6.45, 7) is 6.14. The lowest BCUT2D eigenvalue weighted by Gasteiger charge is -2.51. The highest BCUT2D eigenvalue weighted by atomic mass is 35.5. The Bertz CT molecular complexity index is 1410. The van der Waals surface area contributed by atoms with Gasteiger partial charge in [-0.05, 0) is 61.6 Å². The lowest BCUT2D eigenvalue weighted by atomic mass is 9.73. The van der Waals surface area contributed by atoms with Gasteiger partial charge in [-0.1, -0.05) is 35.9 Å². The molecule has 7 rings (SSSR count). The van der Waals surface area contributed by atoms with E-state index >= 15 is 0 Å². The number of benzene rings is 2. The normalized spacial score (nSPS) is 24.4. The molecule has 0 aliphatic carbocycles. The molecule has 3 aliphatic rings. The Hall–Kier alpha value is -3.22. The SMILES string of the molecule is C=C[C@H]1CN2CC[C@H]1C[C@H]2[C@H](Oc1nnc(Cl)c2ccccc12)c1ccnc2ccc(OC)cc12. The highest BCUT2D eigenvalue weighted by molar-refractivity contribution is 6.34. The quantitative estimate of drug-likeness (QED) is 0.318. The van der Waals surface area contributed by atoms with Crippen molar-refractivity contribution in [3.63, 3.8) is 0 Å². The summed E-state index contributed by atoms with van der Waals surface area (Å²) in [5.41, 5.74) is 1.98. The summed E-state index contributed by atoms with van der Waals surface area (Å²) in [5, 5.41) is 11.7. The van der Waals surface area contributed by atoms with Gasteiger partial charge in [0.2, 0.25) is 5.88 Å². The number of piperidine rings is 3. The van der Waals surface area contributed by atoms with Crippen LogP contribution >= 0.6 is 11.6 Å². The monoisotopic (exact) mass is 486 g/mol. The van der Waals surface area contributed by atoms with E-state index in [9.17, 15) is 0 Å². The Morgan fingerprint density at radius 1 is 1.11 bits per heavy atom. The molecule has 0 amide bonds. The number of ether oxygens (including phenoxy) is 2. The number of pyridine rings is 1. The number of hydrogen-bond acceptors (Lipinski definition) is 6. The van der Waals surface area contributed by atoms with Gasteiger partial charge in [0.1, 0.15) is 11.9 Å². The summed E-state index contributed by atoms with van der Waals surface area (Å²) < 4.78 is 12.4. The van der Waals surface area contributed by atoms with Gasteiger partial charge in [0, 0.05) is 34.5 Å². The van der Waals surface area contributed by atoms with E-state index in [2.05, 4.69) is 38.8 Å². The van der Waals surface area contributed by atoms with Crippen molar-refractivity contribution < 1.29 is 9.47 Å². The summed E-state index contributed by atoms with van der Waals surface area (Å²) in [6, 6.07) is 16.1. The molecule has 6 nitrogen and oxygen atoms in total. The lowest BCUT2D eigenvalue weighted by Crippen LogP contribution is -2.55. The van der Waals surface area contributed by atoms with Crippen LogP contribution in [0.4, 0.5) is 0 Å². The first-order valence-electron chi connectivity index (χ1n) is 12.0. The van der Waals surface area contributed by atoms with Crippen molar-refractivity contribution >= 4 is 33.3 Å². The van der Waals surface area contributed by atoms with Crippen molar-refractivity contribution in [2.75, 3.05) is 20.2 Å². The fourth-order valence-electron chi connectivity index (χ4n) is 5.82. The molecule has 3 fully saturated rings. The molecule has 0 N–H and O–H groups in total. The zero-order valence-corrected chi connectivity index (χ0v) is 20.4. The molecule has 0 radical (unpaired) electrons. The summed E-state index contributed by atoms with van der Waals surface area (Å²) in [4.78, 5) is 7.15. The van der Waals surface area contributed by atoms with Crippen LogP contribution in [0, 0.1) is 11.8 Å². The molecule has 2 aromatic heterocycles. The molecule has 178 valence electrons. The molecule has 0 spiro atoms. The molecule has 7 heteroatoms. The number of methoxy groups -OCH3 is 1. The van der Waals surface area contributed by atoms with Gasteiger partial charge in [0.25, 0.3) is 0 Å². The molecule has 35 heavy (non-hydrogen) atoms. The zero-order chi connectivity index (χ0) is 23.9. The van der Waals surface area contributed by atoms with E-state index in [1.807, 2.05) is 48.7 Å². The van der Waals surface area contributed by atoms with Crippen molar-refractivity contribution in [3.05, 3.63) is 78.1 Å². The van der Waals surface area contributed by atoms with Crippen molar-refractivity contribution in [1.82, 2.24) is 20.1 Å². The van der Waals surface area contributed by atoms with E-state index in [4.69, 9.17) is 21.1 Å². The summed E-state index contributed by atoms with van der Waals surface area (Å²) in [7, 11) is 1.68. The van der Waals surface area contributed by atoms with Gasteiger partial charge in [-0.15, -0.1) is 16.8 Å². The van der Waals surface area contributed by atoms with Crippen LogP contribution in [0.5, 0.6) is 11.6 Å². The van der Waals surface area contributed by atoms with Gasteiger partial charge < -0.3 is 9.47 Å². The van der Waals surface area contributed by atoms with Crippen LogP contribution in [-0.4, -0.2) is 46.3 Å². The standard InChI is InChI=1S/C28H27ClN4O2/c1-3-17-16-33-13-11-18(17)14-25(33)26(20-10-12-30-24-9-8-19(34-2)15-23(20)24)35-28-22-7-5-4-6-21(22)27(29)31-32-28/h3-10,12,15,17-18,25-26H,1,11,13-14,16H2,2H3/t17-,18-,25-,26+/m0/s1. The molecule has 5 atom stereocenters. The second-order valence-electron chi connectivity index (χ2n) is 9.41. The van der Waals surface area contributed by atoms with Crippen LogP contribution < -0.4 is 9.47 Å². The van der Waals surface area contributed by atoms with Gasteiger partial charge in [-0.2, -0.15) is 0 Å². The average Bonchev–Trinajstić information content (AvgIpc) is 2.92. The number of hydrogen-bond donors (Lipinski definition) is 0. The van der Waals surface area contributed by atoms with Crippen molar-refractivity contribution in [2.45, 2.75) is 25.0 Å². The maximum absolute atomic E-state index is 6.84. The largest absolute Gasteiger partial charge is 0.497 e. The molecule has 4 aromatic rings. The predicted molar refractivity (Wildman–Crippen MR) is 138 cm³/mol. The number of nitrogens with zero attached hydrogens (tertiary/aromatic N) is 4. The van der Waals surface area contributed by atoms with Crippen LogP contribution in [0.1, 0.15) is 24.5 Å². The molecule has 2 bridgehead atoms. The molecule has 2 aromatic carbocycles. The first kappa shape index (κ1) is 22.3. The maximum Gasteiger partial charge on any atom is 0.242 e. The Labute approximate surface area is 209 Å². The molecular weight excluding hydrogens is 460 g/mol. The van der Waals surface area contributed by atoms with Crippen LogP contribution in [0.3, 0.4) is 0 Å². The average molecular weight is 487 g/mol. The summed E-state index contributed by atoms with van der Waals surface area (Å²) >= 11 is 6.36. The second-order valence-corrected chi connectivity index (χ2v) is 9.77. The van der Waals surface area contributed by atoms with Crippen molar-refractivity contribution in [3.8, 4) is 11.6 Å². The number of halogens is 1. The van der Waals surface area contributed by atoms with Crippen LogP contribution in [0.2, 0.25) is 5.15 Å². The van der Waals surface area contributed by atoms with Gasteiger partial charge in [-0.3, -0.25) is 9.88 Å². The Morgan fingerprint density at radius 3 is 2.74 bits per heavy atom. The van der Waals surface area contributed by atoms with Crippen LogP contribution in [0.25, 0.3) is 21.7 Å². The first-order valence-corrected chi connectivity index (χ1v) is 12.4. The topological polar surface area (TPSA) is 60.4 Å². The Kier molecular flexibility index (Phi) is 5.78. The molecule has 5 heterocycles. The van der Waals surface area contributed by atoms with E-state index in [1.165, 1.54) is 6.42 Å². The number of aromatic nitrogens is 3. The van der Waals surface area contributed by atoms with Crippen molar-refractivity contribution in [1.29, 1.82) is 0 Å². The second kappa shape index (κ2) is 9.10. The molecule has 3 saturated heterocycles. The minimum Gasteiger partial charge on any atom is -0.497 e. The van der Waals surface area contributed by atoms with Gasteiger partial charge in [-0.25, -0.2) is 0 Å². The van der Waals surface area contributed by atoms with E-state index < -0.39 is 0 Å². The first-order chi connectivity index (χ1) is 17.2. The highest BCUT2D eigenvalue weighted by Crippen LogP contribution is 2.44. The number of rotatable bonds is 6. The Balaban J connectivity index is 1.49. The third kappa shape index (κ3) is 3.91. The van der Waals surface area contributed by atoms with Crippen LogP contribution in [-0.2, 0) is 0 Å². The highest BCUT2D eigenvalue weighted by Gasteiger charge is 2.44. The third-order valence-corrected chi connectivity index (χ3v) is 7.92. The Morgan fingerprint density at radius 2 is 1.97 bits per heavy atom. The van der Waals surface area contributed by atoms with Crippen molar-refractivity contribution in [2.24, 2.45) is 11.8 Å². The zero-order valence-electron chi connectivity index (χ0n) is 19.6. The van der Waals surface area contributed by atoms with Gasteiger partial charge in [0.15, 0.2) is 5.15 Å². The fraction of sp³-hybridized carbons (Fsp3) is 0.321. The fourth-order valence-corrected chi connectivity index (χ4v) is 6.02. The summed E-state index contributed by atoms with van der Waals surface area (Å²) in [5.74, 6) is 2.40. The minimum atomic E-state index is -0.264. The smallest absolute Gasteiger partial charge is 0.242 e. The minimum absolute atomic E-state index is 0.193. The van der Waals surface area contributed by atoms with E-state index in [0.717, 1.165) is 52.5 Å². The molecule has 3 aliphatic heterocycles.